The minimum absolute atomic E-state index is 0.00600. The van der Waals surface area contributed by atoms with E-state index in [0.29, 0.717) is 0 Å². The maximum absolute atomic E-state index is 8.88. The Morgan fingerprint density at radius 2 is 2.27 bits per heavy atom. The van der Waals surface area contributed by atoms with Crippen LogP contribution in [0.1, 0.15) is 16.3 Å². The maximum Gasteiger partial charge on any atom is 0.0973 e. The molecule has 1 N–H and O–H groups in total. The number of rotatable bonds is 3. The molecule has 1 aromatic carbocycles. The average molecular weight is 240 g/mol. The highest BCUT2D eigenvalue weighted by Crippen LogP contribution is 2.17. The van der Waals surface area contributed by atoms with E-state index in [0.717, 1.165) is 27.7 Å². The molecule has 1 heterocycles. The third-order valence-corrected chi connectivity index (χ3v) is 3.14. The highest BCUT2D eigenvalue weighted by Gasteiger charge is 2.02. The number of hydrogen-bond acceptors (Lipinski definition) is 3. The van der Waals surface area contributed by atoms with E-state index in [4.69, 9.17) is 16.7 Å². The summed E-state index contributed by atoms with van der Waals surface area (Å²) in [6.45, 7) is 0.00600. The second-order valence-corrected chi connectivity index (χ2v) is 4.58. The second-order valence-electron chi connectivity index (χ2n) is 3.20. The summed E-state index contributed by atoms with van der Waals surface area (Å²) in [5, 5.41) is 12.5. The van der Waals surface area contributed by atoms with Gasteiger partial charge in [0, 0.05) is 16.8 Å². The fourth-order valence-corrected chi connectivity index (χ4v) is 2.36. The Morgan fingerprint density at radius 1 is 1.40 bits per heavy atom. The van der Waals surface area contributed by atoms with Crippen LogP contribution in [0.4, 0.5) is 0 Å². The van der Waals surface area contributed by atoms with Gasteiger partial charge in [-0.2, -0.15) is 0 Å². The first kappa shape index (κ1) is 10.6. The molecular weight excluding hydrogens is 230 g/mol. The van der Waals surface area contributed by atoms with Crippen molar-refractivity contribution in [3.05, 3.63) is 50.9 Å². The SMILES string of the molecule is OCc1csc(Cc2cccc(Cl)c2)n1. The molecule has 0 spiro atoms. The van der Waals surface area contributed by atoms with Crippen molar-refractivity contribution in [2.75, 3.05) is 0 Å². The molecule has 0 aliphatic rings. The van der Waals surface area contributed by atoms with Crippen molar-refractivity contribution in [2.45, 2.75) is 13.0 Å². The van der Waals surface area contributed by atoms with E-state index in [9.17, 15) is 0 Å². The first-order chi connectivity index (χ1) is 7.28. The van der Waals surface area contributed by atoms with Crippen LogP contribution in [0.3, 0.4) is 0 Å². The van der Waals surface area contributed by atoms with E-state index in [1.165, 1.54) is 0 Å². The van der Waals surface area contributed by atoms with Gasteiger partial charge < -0.3 is 5.11 Å². The molecule has 0 amide bonds. The predicted octanol–water partition coefficient (Wildman–Crippen LogP) is 2.88. The summed E-state index contributed by atoms with van der Waals surface area (Å²) in [6.07, 6.45) is 0.769. The lowest BCUT2D eigenvalue weighted by atomic mass is 10.2. The van der Waals surface area contributed by atoms with Crippen molar-refractivity contribution in [1.29, 1.82) is 0 Å². The molecule has 0 saturated carbocycles. The molecule has 4 heteroatoms. The Hall–Kier alpha value is -0.900. The molecule has 0 bridgehead atoms. The van der Waals surface area contributed by atoms with Gasteiger partial charge in [0.2, 0.25) is 0 Å². The first-order valence-corrected chi connectivity index (χ1v) is 5.82. The van der Waals surface area contributed by atoms with Gasteiger partial charge in [-0.25, -0.2) is 4.98 Å². The van der Waals surface area contributed by atoms with Crippen LogP contribution in [-0.4, -0.2) is 10.1 Å². The van der Waals surface area contributed by atoms with Gasteiger partial charge >= 0.3 is 0 Å². The molecule has 0 fully saturated rings. The molecular formula is C11H10ClNOS. The molecule has 0 radical (unpaired) electrons. The zero-order valence-corrected chi connectivity index (χ0v) is 9.55. The Balaban J connectivity index is 2.14. The third kappa shape index (κ3) is 2.78. The average Bonchev–Trinajstić information content (AvgIpc) is 2.65. The van der Waals surface area contributed by atoms with Gasteiger partial charge in [0.1, 0.15) is 0 Å². The molecule has 0 aliphatic carbocycles. The molecule has 15 heavy (non-hydrogen) atoms. The van der Waals surface area contributed by atoms with Gasteiger partial charge in [-0.3, -0.25) is 0 Å². The number of benzene rings is 1. The number of aromatic nitrogens is 1. The molecule has 0 aliphatic heterocycles. The lowest BCUT2D eigenvalue weighted by molar-refractivity contribution is 0.277. The number of nitrogens with zero attached hydrogens (tertiary/aromatic N) is 1. The fraction of sp³-hybridized carbons (Fsp3) is 0.182. The smallest absolute Gasteiger partial charge is 0.0973 e. The largest absolute Gasteiger partial charge is 0.390 e. The molecule has 78 valence electrons. The molecule has 0 atom stereocenters. The minimum Gasteiger partial charge on any atom is -0.390 e. The van der Waals surface area contributed by atoms with Crippen molar-refractivity contribution in [2.24, 2.45) is 0 Å². The summed E-state index contributed by atoms with van der Waals surface area (Å²) in [5.74, 6) is 0. The van der Waals surface area contributed by atoms with Crippen LogP contribution in [0, 0.1) is 0 Å². The van der Waals surface area contributed by atoms with Crippen molar-refractivity contribution in [3.63, 3.8) is 0 Å². The van der Waals surface area contributed by atoms with Crippen LogP contribution in [-0.2, 0) is 13.0 Å². The minimum atomic E-state index is 0.00600. The van der Waals surface area contributed by atoms with E-state index in [2.05, 4.69) is 4.98 Å². The molecule has 2 rings (SSSR count). The highest BCUT2D eigenvalue weighted by atomic mass is 35.5. The van der Waals surface area contributed by atoms with Gasteiger partial charge in [0.05, 0.1) is 17.3 Å². The fourth-order valence-electron chi connectivity index (χ4n) is 1.32. The van der Waals surface area contributed by atoms with Crippen LogP contribution in [0.15, 0.2) is 29.6 Å². The zero-order chi connectivity index (χ0) is 10.7. The maximum atomic E-state index is 8.88. The lowest BCUT2D eigenvalue weighted by Crippen LogP contribution is -1.88. The Morgan fingerprint density at radius 3 is 2.93 bits per heavy atom. The topological polar surface area (TPSA) is 33.1 Å². The van der Waals surface area contributed by atoms with Crippen molar-refractivity contribution < 1.29 is 5.11 Å². The molecule has 2 nitrogen and oxygen atoms in total. The van der Waals surface area contributed by atoms with E-state index in [-0.39, 0.29) is 6.61 Å². The number of hydrogen-bond donors (Lipinski definition) is 1. The first-order valence-electron chi connectivity index (χ1n) is 4.56. The van der Waals surface area contributed by atoms with E-state index < -0.39 is 0 Å². The van der Waals surface area contributed by atoms with Crippen molar-refractivity contribution >= 4 is 22.9 Å². The molecule has 0 saturated heterocycles. The van der Waals surface area contributed by atoms with Gasteiger partial charge in [-0.15, -0.1) is 11.3 Å². The van der Waals surface area contributed by atoms with Gasteiger partial charge in [-0.1, -0.05) is 23.7 Å². The van der Waals surface area contributed by atoms with Crippen LogP contribution in [0.2, 0.25) is 5.02 Å². The number of thiazole rings is 1. The predicted molar refractivity (Wildman–Crippen MR) is 62.3 cm³/mol. The number of halogens is 1. The summed E-state index contributed by atoms with van der Waals surface area (Å²) in [5.41, 5.74) is 1.87. The standard InChI is InChI=1S/C11H10ClNOS/c12-9-3-1-2-8(4-9)5-11-13-10(6-14)7-15-11/h1-4,7,14H,5-6H2. The normalized spacial score (nSPS) is 10.5. The van der Waals surface area contributed by atoms with Gasteiger partial charge in [-0.05, 0) is 17.7 Å². The monoisotopic (exact) mass is 239 g/mol. The summed E-state index contributed by atoms with van der Waals surface area (Å²) in [4.78, 5) is 4.28. The second kappa shape index (κ2) is 4.75. The van der Waals surface area contributed by atoms with Crippen LogP contribution in [0.25, 0.3) is 0 Å². The number of aliphatic hydroxyl groups excluding tert-OH is 1. The van der Waals surface area contributed by atoms with Gasteiger partial charge in [0.25, 0.3) is 0 Å². The van der Waals surface area contributed by atoms with Crippen LogP contribution in [0.5, 0.6) is 0 Å². The van der Waals surface area contributed by atoms with Crippen LogP contribution >= 0.6 is 22.9 Å². The summed E-state index contributed by atoms with van der Waals surface area (Å²) in [7, 11) is 0. The summed E-state index contributed by atoms with van der Waals surface area (Å²) < 4.78 is 0. The Labute approximate surface area is 97.2 Å². The van der Waals surface area contributed by atoms with Crippen molar-refractivity contribution in [3.8, 4) is 0 Å². The lowest BCUT2D eigenvalue weighted by Gasteiger charge is -1.98. The van der Waals surface area contributed by atoms with E-state index in [1.54, 1.807) is 11.3 Å². The number of aliphatic hydroxyl groups is 1. The quantitative estimate of drug-likeness (QED) is 0.894. The van der Waals surface area contributed by atoms with E-state index >= 15 is 0 Å². The van der Waals surface area contributed by atoms with Crippen molar-refractivity contribution in [1.82, 2.24) is 4.98 Å². The van der Waals surface area contributed by atoms with E-state index in [1.807, 2.05) is 29.6 Å². The highest BCUT2D eigenvalue weighted by molar-refractivity contribution is 7.09. The molecule has 2 aromatic rings. The molecule has 0 unspecified atom stereocenters. The van der Waals surface area contributed by atoms with Crippen LogP contribution < -0.4 is 0 Å². The molecule has 1 aromatic heterocycles. The Bertz CT molecular complexity index is 455. The van der Waals surface area contributed by atoms with Gasteiger partial charge in [0.15, 0.2) is 0 Å². The summed E-state index contributed by atoms with van der Waals surface area (Å²) >= 11 is 7.45. The summed E-state index contributed by atoms with van der Waals surface area (Å²) in [6, 6.07) is 7.73. The Kier molecular flexibility index (Phi) is 3.36. The zero-order valence-electron chi connectivity index (χ0n) is 7.98. The third-order valence-electron chi connectivity index (χ3n) is 2.01.